The Balaban J connectivity index is 1.64. The Labute approximate surface area is 129 Å². The van der Waals surface area contributed by atoms with Gasteiger partial charge in [-0.05, 0) is 23.8 Å². The molecule has 1 aromatic carbocycles. The Morgan fingerprint density at radius 2 is 1.86 bits per heavy atom. The molecule has 2 heterocycles. The maximum Gasteiger partial charge on any atom is 0.215 e. The first kappa shape index (κ1) is 14.2. The molecule has 2 aromatic rings. The van der Waals surface area contributed by atoms with E-state index >= 15 is 0 Å². The Morgan fingerprint density at radius 3 is 2.62 bits per heavy atom. The Morgan fingerprint density at radius 1 is 1.10 bits per heavy atom. The zero-order valence-corrected chi connectivity index (χ0v) is 12.5. The number of benzene rings is 1. The molecule has 0 saturated carbocycles. The lowest BCUT2D eigenvalue weighted by atomic mass is 10.2. The molecule has 5 heteroatoms. The zero-order chi connectivity index (χ0) is 14.5. The largest absolute Gasteiger partial charge is 0.473 e. The monoisotopic (exact) mass is 303 g/mol. The minimum Gasteiger partial charge on any atom is -0.473 e. The van der Waals surface area contributed by atoms with E-state index in [1.807, 2.05) is 42.5 Å². The summed E-state index contributed by atoms with van der Waals surface area (Å²) in [6.45, 7) is 4.45. The number of nitrogens with zero attached hydrogens (tertiary/aromatic N) is 2. The van der Waals surface area contributed by atoms with Crippen LogP contribution >= 0.6 is 11.6 Å². The van der Waals surface area contributed by atoms with Gasteiger partial charge in [-0.3, -0.25) is 0 Å². The number of ether oxygens (including phenoxy) is 1. The van der Waals surface area contributed by atoms with Crippen LogP contribution in [0.5, 0.6) is 5.88 Å². The van der Waals surface area contributed by atoms with Crippen molar-refractivity contribution in [3.63, 3.8) is 0 Å². The SMILES string of the molecule is Clc1ccc(COc2cccc(N3CCNCC3)n2)cc1. The topological polar surface area (TPSA) is 37.4 Å². The van der Waals surface area contributed by atoms with Crippen molar-refractivity contribution in [2.75, 3.05) is 31.1 Å². The van der Waals surface area contributed by atoms with Gasteiger partial charge in [-0.1, -0.05) is 29.8 Å². The molecule has 1 saturated heterocycles. The van der Waals surface area contributed by atoms with E-state index in [1.165, 1.54) is 0 Å². The van der Waals surface area contributed by atoms with Crippen LogP contribution in [0.15, 0.2) is 42.5 Å². The summed E-state index contributed by atoms with van der Waals surface area (Å²) in [5, 5.41) is 4.07. The number of nitrogens with one attached hydrogen (secondary N) is 1. The molecule has 0 unspecified atom stereocenters. The van der Waals surface area contributed by atoms with Crippen molar-refractivity contribution >= 4 is 17.4 Å². The number of piperazine rings is 1. The summed E-state index contributed by atoms with van der Waals surface area (Å²) in [4.78, 5) is 6.85. The van der Waals surface area contributed by atoms with E-state index in [0.717, 1.165) is 42.6 Å². The van der Waals surface area contributed by atoms with Gasteiger partial charge in [-0.2, -0.15) is 4.98 Å². The van der Waals surface area contributed by atoms with E-state index in [2.05, 4.69) is 15.2 Å². The predicted molar refractivity (Wildman–Crippen MR) is 85.1 cm³/mol. The zero-order valence-electron chi connectivity index (χ0n) is 11.8. The second kappa shape index (κ2) is 6.78. The van der Waals surface area contributed by atoms with Gasteiger partial charge in [-0.15, -0.1) is 0 Å². The first-order valence-corrected chi connectivity index (χ1v) is 7.49. The number of pyridine rings is 1. The molecule has 1 N–H and O–H groups in total. The van der Waals surface area contributed by atoms with E-state index in [9.17, 15) is 0 Å². The summed E-state index contributed by atoms with van der Waals surface area (Å²) in [5.74, 6) is 1.63. The highest BCUT2D eigenvalue weighted by atomic mass is 35.5. The molecule has 1 aromatic heterocycles. The molecule has 21 heavy (non-hydrogen) atoms. The number of anilines is 1. The third-order valence-electron chi connectivity index (χ3n) is 3.45. The van der Waals surface area contributed by atoms with Gasteiger partial charge in [-0.25, -0.2) is 0 Å². The molecule has 0 bridgehead atoms. The van der Waals surface area contributed by atoms with E-state index < -0.39 is 0 Å². The highest BCUT2D eigenvalue weighted by molar-refractivity contribution is 6.30. The fourth-order valence-electron chi connectivity index (χ4n) is 2.29. The normalized spacial score (nSPS) is 15.0. The average molecular weight is 304 g/mol. The fourth-order valence-corrected chi connectivity index (χ4v) is 2.42. The van der Waals surface area contributed by atoms with Crippen LogP contribution in [0, 0.1) is 0 Å². The predicted octanol–water partition coefficient (Wildman–Crippen LogP) is 2.72. The van der Waals surface area contributed by atoms with Crippen molar-refractivity contribution in [1.82, 2.24) is 10.3 Å². The fraction of sp³-hybridized carbons (Fsp3) is 0.312. The van der Waals surface area contributed by atoms with Gasteiger partial charge in [0.05, 0.1) is 0 Å². The van der Waals surface area contributed by atoms with Crippen molar-refractivity contribution in [2.24, 2.45) is 0 Å². The summed E-state index contributed by atoms with van der Waals surface area (Å²) in [6, 6.07) is 13.6. The summed E-state index contributed by atoms with van der Waals surface area (Å²) < 4.78 is 5.77. The van der Waals surface area contributed by atoms with E-state index in [1.54, 1.807) is 0 Å². The molecule has 0 radical (unpaired) electrons. The van der Waals surface area contributed by atoms with Gasteiger partial charge < -0.3 is 15.0 Å². The molecule has 0 amide bonds. The molecule has 0 atom stereocenters. The first-order valence-electron chi connectivity index (χ1n) is 7.11. The lowest BCUT2D eigenvalue weighted by molar-refractivity contribution is 0.294. The highest BCUT2D eigenvalue weighted by Crippen LogP contribution is 2.18. The van der Waals surface area contributed by atoms with Crippen molar-refractivity contribution in [3.8, 4) is 5.88 Å². The van der Waals surface area contributed by atoms with Gasteiger partial charge in [0, 0.05) is 37.3 Å². The van der Waals surface area contributed by atoms with Gasteiger partial charge in [0.1, 0.15) is 12.4 Å². The quantitative estimate of drug-likeness (QED) is 0.942. The Hall–Kier alpha value is -1.78. The summed E-state index contributed by atoms with van der Waals surface area (Å²) in [7, 11) is 0. The van der Waals surface area contributed by atoms with Crippen LogP contribution in [0.2, 0.25) is 5.02 Å². The summed E-state index contributed by atoms with van der Waals surface area (Å²) in [6.07, 6.45) is 0. The summed E-state index contributed by atoms with van der Waals surface area (Å²) in [5.41, 5.74) is 1.08. The number of halogens is 1. The van der Waals surface area contributed by atoms with Crippen LogP contribution in [0.4, 0.5) is 5.82 Å². The van der Waals surface area contributed by atoms with Crippen LogP contribution < -0.4 is 15.0 Å². The maximum absolute atomic E-state index is 5.87. The molecular weight excluding hydrogens is 286 g/mol. The molecule has 0 spiro atoms. The minimum absolute atomic E-state index is 0.495. The molecule has 1 aliphatic heterocycles. The van der Waals surface area contributed by atoms with Gasteiger partial charge in [0.15, 0.2) is 0 Å². The number of aromatic nitrogens is 1. The van der Waals surface area contributed by atoms with Crippen molar-refractivity contribution in [1.29, 1.82) is 0 Å². The van der Waals surface area contributed by atoms with Gasteiger partial charge in [0.25, 0.3) is 0 Å². The van der Waals surface area contributed by atoms with Crippen LogP contribution in [-0.2, 0) is 6.61 Å². The minimum atomic E-state index is 0.495. The molecule has 110 valence electrons. The van der Waals surface area contributed by atoms with Crippen molar-refractivity contribution in [2.45, 2.75) is 6.61 Å². The van der Waals surface area contributed by atoms with E-state index in [0.29, 0.717) is 12.5 Å². The van der Waals surface area contributed by atoms with Gasteiger partial charge >= 0.3 is 0 Å². The Bertz CT molecular complexity index is 582. The highest BCUT2D eigenvalue weighted by Gasteiger charge is 2.12. The Kier molecular flexibility index (Phi) is 4.58. The molecule has 3 rings (SSSR count). The third-order valence-corrected chi connectivity index (χ3v) is 3.70. The third kappa shape index (κ3) is 3.86. The van der Waals surface area contributed by atoms with Crippen LogP contribution in [0.3, 0.4) is 0 Å². The number of hydrogen-bond donors (Lipinski definition) is 1. The second-order valence-corrected chi connectivity index (χ2v) is 5.42. The lowest BCUT2D eigenvalue weighted by Crippen LogP contribution is -2.43. The van der Waals surface area contributed by atoms with E-state index in [4.69, 9.17) is 16.3 Å². The maximum atomic E-state index is 5.87. The van der Waals surface area contributed by atoms with Crippen LogP contribution in [0.1, 0.15) is 5.56 Å². The van der Waals surface area contributed by atoms with Crippen molar-refractivity contribution in [3.05, 3.63) is 53.1 Å². The number of hydrogen-bond acceptors (Lipinski definition) is 4. The van der Waals surface area contributed by atoms with Crippen LogP contribution in [0.25, 0.3) is 0 Å². The molecule has 0 aliphatic carbocycles. The smallest absolute Gasteiger partial charge is 0.215 e. The standard InChI is InChI=1S/C16H18ClN3O/c17-14-6-4-13(5-7-14)12-21-16-3-1-2-15(19-16)20-10-8-18-9-11-20/h1-7,18H,8-12H2. The van der Waals surface area contributed by atoms with Crippen molar-refractivity contribution < 1.29 is 4.74 Å². The van der Waals surface area contributed by atoms with E-state index in [-0.39, 0.29) is 0 Å². The molecule has 1 fully saturated rings. The van der Waals surface area contributed by atoms with Crippen LogP contribution in [-0.4, -0.2) is 31.2 Å². The molecule has 1 aliphatic rings. The summed E-state index contributed by atoms with van der Waals surface area (Å²) >= 11 is 5.87. The molecular formula is C16H18ClN3O. The molecule has 4 nitrogen and oxygen atoms in total. The first-order chi connectivity index (χ1) is 10.3. The number of rotatable bonds is 4. The average Bonchev–Trinajstić information content (AvgIpc) is 2.55. The second-order valence-electron chi connectivity index (χ2n) is 4.99. The lowest BCUT2D eigenvalue weighted by Gasteiger charge is -2.28. The van der Waals surface area contributed by atoms with Gasteiger partial charge in [0.2, 0.25) is 5.88 Å².